The summed E-state index contributed by atoms with van der Waals surface area (Å²) in [7, 11) is 0. The molecule has 0 spiro atoms. The van der Waals surface area contributed by atoms with Crippen LogP contribution in [0.2, 0.25) is 0 Å². The highest BCUT2D eigenvalue weighted by atomic mass is 15.1. The van der Waals surface area contributed by atoms with Crippen molar-refractivity contribution in [2.75, 3.05) is 0 Å². The molecule has 2 heterocycles. The Hall–Kier alpha value is -2.88. The lowest BCUT2D eigenvalue weighted by Crippen LogP contribution is -2.06. The second-order valence-electron chi connectivity index (χ2n) is 6.12. The summed E-state index contributed by atoms with van der Waals surface area (Å²) >= 11 is 0. The molecule has 2 aromatic carbocycles. The van der Waals surface area contributed by atoms with Crippen molar-refractivity contribution in [3.05, 3.63) is 78.2 Å². The number of aryl methyl sites for hydroxylation is 1. The molecule has 1 radical (unpaired) electrons. The van der Waals surface area contributed by atoms with E-state index >= 15 is 0 Å². The molecular weight excluding hydrogens is 308 g/mol. The van der Waals surface area contributed by atoms with E-state index in [0.29, 0.717) is 0 Å². The molecule has 4 nitrogen and oxygen atoms in total. The molecular formula is C21H19N4. The van der Waals surface area contributed by atoms with Crippen LogP contribution in [-0.2, 0) is 6.42 Å². The summed E-state index contributed by atoms with van der Waals surface area (Å²) in [6.07, 6.45) is 6.34. The lowest BCUT2D eigenvalue weighted by molar-refractivity contribution is 0.745. The highest BCUT2D eigenvalue weighted by Gasteiger charge is 2.17. The first-order chi connectivity index (χ1) is 12.4. The van der Waals surface area contributed by atoms with Gasteiger partial charge in [-0.1, -0.05) is 55.5 Å². The third-order valence-electron chi connectivity index (χ3n) is 4.64. The zero-order valence-corrected chi connectivity index (χ0v) is 14.2. The Bertz CT molecular complexity index is 1000. The average molecular weight is 327 g/mol. The molecule has 4 rings (SSSR count). The fourth-order valence-corrected chi connectivity index (χ4v) is 3.29. The molecule has 0 saturated heterocycles. The van der Waals surface area contributed by atoms with Crippen LogP contribution < -0.4 is 0 Å². The third kappa shape index (κ3) is 3.07. The highest BCUT2D eigenvalue weighted by Crippen LogP contribution is 2.28. The van der Waals surface area contributed by atoms with Crippen LogP contribution in [0.5, 0.6) is 0 Å². The van der Waals surface area contributed by atoms with Crippen LogP contribution in [0.4, 0.5) is 0 Å². The SMILES string of the molecule is CC[C](CCc1nncc2ccccc12)c1nncc2ccccc12. The lowest BCUT2D eigenvalue weighted by Gasteiger charge is -2.15. The van der Waals surface area contributed by atoms with Gasteiger partial charge in [-0.25, -0.2) is 0 Å². The Labute approximate surface area is 146 Å². The molecule has 2 aromatic heterocycles. The first-order valence-corrected chi connectivity index (χ1v) is 8.61. The first kappa shape index (κ1) is 15.6. The Balaban J connectivity index is 1.64. The standard InChI is InChI=1S/C21H19N4/c1-2-15(21-19-10-6-4-8-17(19)14-23-25-21)11-12-20-18-9-5-3-7-16(18)13-22-24-20/h3-10,13-14H,2,11-12H2,1H3. The molecule has 0 fully saturated rings. The molecule has 0 saturated carbocycles. The first-order valence-electron chi connectivity index (χ1n) is 8.61. The summed E-state index contributed by atoms with van der Waals surface area (Å²) in [5.41, 5.74) is 2.05. The molecule has 4 heteroatoms. The van der Waals surface area contributed by atoms with Gasteiger partial charge in [0, 0.05) is 27.5 Å². The molecule has 0 aliphatic heterocycles. The molecule has 123 valence electrons. The number of nitrogens with zero attached hydrogens (tertiary/aromatic N) is 4. The number of fused-ring (bicyclic) bond motifs is 2. The van der Waals surface area contributed by atoms with Crippen LogP contribution in [0.1, 0.15) is 31.2 Å². The van der Waals surface area contributed by atoms with Crippen LogP contribution >= 0.6 is 0 Å². The number of hydrogen-bond donors (Lipinski definition) is 0. The normalized spacial score (nSPS) is 11.4. The van der Waals surface area contributed by atoms with Gasteiger partial charge in [-0.15, -0.1) is 0 Å². The van der Waals surface area contributed by atoms with Crippen molar-refractivity contribution in [2.24, 2.45) is 0 Å². The van der Waals surface area contributed by atoms with Crippen molar-refractivity contribution in [1.29, 1.82) is 0 Å². The fraction of sp³-hybridized carbons (Fsp3) is 0.190. The van der Waals surface area contributed by atoms with Gasteiger partial charge in [0.1, 0.15) is 0 Å². The van der Waals surface area contributed by atoms with E-state index in [2.05, 4.69) is 57.7 Å². The van der Waals surface area contributed by atoms with E-state index in [0.717, 1.165) is 41.4 Å². The molecule has 25 heavy (non-hydrogen) atoms. The fourth-order valence-electron chi connectivity index (χ4n) is 3.29. The molecule has 4 aromatic rings. The zero-order chi connectivity index (χ0) is 17.1. The predicted octanol–water partition coefficient (Wildman–Crippen LogP) is 4.54. The van der Waals surface area contributed by atoms with E-state index in [1.54, 1.807) is 0 Å². The van der Waals surface area contributed by atoms with Crippen molar-refractivity contribution in [3.8, 4) is 0 Å². The smallest absolute Gasteiger partial charge is 0.0780 e. The van der Waals surface area contributed by atoms with Gasteiger partial charge in [-0.2, -0.15) is 20.4 Å². The Morgan fingerprint density at radius 1 is 0.800 bits per heavy atom. The quantitative estimate of drug-likeness (QED) is 0.540. The number of aromatic nitrogens is 4. The zero-order valence-electron chi connectivity index (χ0n) is 14.2. The van der Waals surface area contributed by atoms with E-state index < -0.39 is 0 Å². The summed E-state index contributed by atoms with van der Waals surface area (Å²) < 4.78 is 0. The van der Waals surface area contributed by atoms with E-state index in [-0.39, 0.29) is 0 Å². The van der Waals surface area contributed by atoms with Gasteiger partial charge in [0.15, 0.2) is 0 Å². The minimum absolute atomic E-state index is 0.850. The van der Waals surface area contributed by atoms with Gasteiger partial charge in [0.25, 0.3) is 0 Å². The van der Waals surface area contributed by atoms with Gasteiger partial charge in [-0.3, -0.25) is 0 Å². The van der Waals surface area contributed by atoms with E-state index in [1.807, 2.05) is 30.6 Å². The van der Waals surface area contributed by atoms with Crippen molar-refractivity contribution >= 4 is 21.5 Å². The minimum Gasteiger partial charge on any atom is -0.158 e. The summed E-state index contributed by atoms with van der Waals surface area (Å²) in [6.45, 7) is 2.17. The highest BCUT2D eigenvalue weighted by molar-refractivity contribution is 5.85. The number of rotatable bonds is 5. The molecule has 0 aliphatic rings. The second kappa shape index (κ2) is 6.93. The Morgan fingerprint density at radius 2 is 1.44 bits per heavy atom. The van der Waals surface area contributed by atoms with Gasteiger partial charge >= 0.3 is 0 Å². The third-order valence-corrected chi connectivity index (χ3v) is 4.64. The maximum absolute atomic E-state index is 4.43. The van der Waals surface area contributed by atoms with E-state index in [9.17, 15) is 0 Å². The molecule has 0 aliphatic carbocycles. The largest absolute Gasteiger partial charge is 0.158 e. The predicted molar refractivity (Wildman–Crippen MR) is 100 cm³/mol. The molecule has 0 amide bonds. The number of hydrogen-bond acceptors (Lipinski definition) is 4. The summed E-state index contributed by atoms with van der Waals surface area (Å²) in [4.78, 5) is 0. The summed E-state index contributed by atoms with van der Waals surface area (Å²) in [5, 5.41) is 21.7. The van der Waals surface area contributed by atoms with E-state index in [4.69, 9.17) is 0 Å². The van der Waals surface area contributed by atoms with Crippen LogP contribution in [0.25, 0.3) is 21.5 Å². The maximum atomic E-state index is 4.43. The van der Waals surface area contributed by atoms with Gasteiger partial charge in [0.2, 0.25) is 0 Å². The average Bonchev–Trinajstić information content (AvgIpc) is 2.68. The van der Waals surface area contributed by atoms with Gasteiger partial charge < -0.3 is 0 Å². The Morgan fingerprint density at radius 3 is 2.20 bits per heavy atom. The number of benzene rings is 2. The topological polar surface area (TPSA) is 51.6 Å². The van der Waals surface area contributed by atoms with Crippen LogP contribution in [0, 0.1) is 5.92 Å². The van der Waals surface area contributed by atoms with Crippen LogP contribution in [-0.4, -0.2) is 20.4 Å². The molecule has 0 bridgehead atoms. The Kier molecular flexibility index (Phi) is 4.34. The van der Waals surface area contributed by atoms with Crippen molar-refractivity contribution < 1.29 is 0 Å². The van der Waals surface area contributed by atoms with Gasteiger partial charge in [0.05, 0.1) is 23.8 Å². The summed E-state index contributed by atoms with van der Waals surface area (Å²) in [5.74, 6) is 1.30. The maximum Gasteiger partial charge on any atom is 0.0780 e. The van der Waals surface area contributed by atoms with Crippen molar-refractivity contribution in [1.82, 2.24) is 20.4 Å². The molecule has 0 atom stereocenters. The second-order valence-corrected chi connectivity index (χ2v) is 6.12. The van der Waals surface area contributed by atoms with Crippen molar-refractivity contribution in [2.45, 2.75) is 26.2 Å². The van der Waals surface area contributed by atoms with Gasteiger partial charge in [-0.05, 0) is 19.3 Å². The monoisotopic (exact) mass is 327 g/mol. The van der Waals surface area contributed by atoms with Crippen LogP contribution in [0.15, 0.2) is 60.9 Å². The van der Waals surface area contributed by atoms with Crippen LogP contribution in [0.3, 0.4) is 0 Å². The van der Waals surface area contributed by atoms with Crippen molar-refractivity contribution in [3.63, 3.8) is 0 Å². The lowest BCUT2D eigenvalue weighted by atomic mass is 9.92. The molecule has 0 unspecified atom stereocenters. The van der Waals surface area contributed by atoms with E-state index in [1.165, 1.54) is 16.7 Å². The summed E-state index contributed by atoms with van der Waals surface area (Å²) in [6, 6.07) is 16.6. The molecule has 0 N–H and O–H groups in total. The minimum atomic E-state index is 0.850.